The molecule has 0 aromatic heterocycles. The van der Waals surface area contributed by atoms with Gasteiger partial charge in [-0.2, -0.15) is 5.26 Å². The van der Waals surface area contributed by atoms with Gasteiger partial charge in [0.1, 0.15) is 12.1 Å². The number of anilines is 1. The van der Waals surface area contributed by atoms with Gasteiger partial charge < -0.3 is 10.6 Å². The van der Waals surface area contributed by atoms with Crippen LogP contribution in [0.15, 0.2) is 59.5 Å². The van der Waals surface area contributed by atoms with Crippen LogP contribution in [0.25, 0.3) is 0 Å². The quantitative estimate of drug-likeness (QED) is 0.579. The first kappa shape index (κ1) is 19.5. The molecule has 0 bridgehead atoms. The van der Waals surface area contributed by atoms with Crippen LogP contribution in [0.4, 0.5) is 10.5 Å². The van der Waals surface area contributed by atoms with Gasteiger partial charge in [0.2, 0.25) is 5.91 Å². The maximum atomic E-state index is 12.9. The Kier molecular flexibility index (Phi) is 5.66. The van der Waals surface area contributed by atoms with Crippen molar-refractivity contribution in [3.63, 3.8) is 0 Å². The normalized spacial score (nSPS) is 18.5. The van der Waals surface area contributed by atoms with Gasteiger partial charge in [-0.05, 0) is 24.6 Å². The summed E-state index contributed by atoms with van der Waals surface area (Å²) in [6.07, 6.45) is 0. The molecule has 1 atom stereocenters. The van der Waals surface area contributed by atoms with Crippen LogP contribution in [0.3, 0.4) is 0 Å². The van der Waals surface area contributed by atoms with E-state index < -0.39 is 29.9 Å². The number of amides is 4. The SMILES string of the molecule is C[C@]1(c2ccccc2)NC(=O)N(CC(=O)Nc2ccccc2SCC#N)C1=O. The largest absolute Gasteiger partial charge is 0.325 e. The molecule has 4 amide bonds. The van der Waals surface area contributed by atoms with Crippen LogP contribution < -0.4 is 10.6 Å². The summed E-state index contributed by atoms with van der Waals surface area (Å²) < 4.78 is 0. The lowest BCUT2D eigenvalue weighted by Gasteiger charge is -2.22. The maximum absolute atomic E-state index is 12.9. The summed E-state index contributed by atoms with van der Waals surface area (Å²) in [7, 11) is 0. The Morgan fingerprint density at radius 3 is 2.57 bits per heavy atom. The van der Waals surface area contributed by atoms with E-state index in [4.69, 9.17) is 5.26 Å². The van der Waals surface area contributed by atoms with Crippen molar-refractivity contribution in [1.29, 1.82) is 5.26 Å². The van der Waals surface area contributed by atoms with Gasteiger partial charge in [0, 0.05) is 4.90 Å². The lowest BCUT2D eigenvalue weighted by atomic mass is 9.92. The summed E-state index contributed by atoms with van der Waals surface area (Å²) in [6.45, 7) is 1.22. The molecule has 7 nitrogen and oxygen atoms in total. The van der Waals surface area contributed by atoms with Gasteiger partial charge in [-0.3, -0.25) is 14.5 Å². The highest BCUT2D eigenvalue weighted by molar-refractivity contribution is 7.99. The van der Waals surface area contributed by atoms with Crippen molar-refractivity contribution in [3.8, 4) is 6.07 Å². The predicted octanol–water partition coefficient (Wildman–Crippen LogP) is 2.71. The van der Waals surface area contributed by atoms with E-state index in [1.165, 1.54) is 11.8 Å². The number of imide groups is 1. The molecule has 1 heterocycles. The number of nitrogens with zero attached hydrogens (tertiary/aromatic N) is 2. The highest BCUT2D eigenvalue weighted by Gasteiger charge is 2.49. The molecule has 3 rings (SSSR count). The van der Waals surface area contributed by atoms with E-state index in [9.17, 15) is 14.4 Å². The van der Waals surface area contributed by atoms with Gasteiger partial charge in [0.15, 0.2) is 0 Å². The molecule has 1 aliphatic rings. The van der Waals surface area contributed by atoms with Gasteiger partial charge in [-0.1, -0.05) is 42.5 Å². The van der Waals surface area contributed by atoms with Crippen molar-refractivity contribution in [2.24, 2.45) is 0 Å². The number of nitrogens with one attached hydrogen (secondary N) is 2. The molecule has 1 saturated heterocycles. The molecular weight excluding hydrogens is 376 g/mol. The minimum Gasteiger partial charge on any atom is -0.324 e. The Hall–Kier alpha value is -3.31. The molecule has 0 radical (unpaired) electrons. The number of carbonyl (C=O) groups is 3. The van der Waals surface area contributed by atoms with E-state index in [-0.39, 0.29) is 5.75 Å². The maximum Gasteiger partial charge on any atom is 0.325 e. The second-order valence-electron chi connectivity index (χ2n) is 6.30. The molecule has 1 aliphatic heterocycles. The minimum absolute atomic E-state index is 0.245. The molecule has 2 aromatic carbocycles. The fourth-order valence-electron chi connectivity index (χ4n) is 2.95. The number of rotatable bonds is 6. The van der Waals surface area contributed by atoms with Gasteiger partial charge >= 0.3 is 6.03 Å². The monoisotopic (exact) mass is 394 g/mol. The minimum atomic E-state index is -1.21. The number of urea groups is 1. The summed E-state index contributed by atoms with van der Waals surface area (Å²) in [6, 6.07) is 17.4. The highest BCUT2D eigenvalue weighted by atomic mass is 32.2. The number of thioether (sulfide) groups is 1. The predicted molar refractivity (Wildman–Crippen MR) is 105 cm³/mol. The Labute approximate surface area is 166 Å². The topological polar surface area (TPSA) is 102 Å². The second kappa shape index (κ2) is 8.15. The molecule has 0 saturated carbocycles. The van der Waals surface area contributed by atoms with Crippen molar-refractivity contribution in [2.75, 3.05) is 17.6 Å². The van der Waals surface area contributed by atoms with Crippen LogP contribution in [-0.2, 0) is 15.1 Å². The van der Waals surface area contributed by atoms with Crippen LogP contribution in [0, 0.1) is 11.3 Å². The van der Waals surface area contributed by atoms with E-state index in [1.807, 2.05) is 12.1 Å². The zero-order valence-electron chi connectivity index (χ0n) is 15.1. The van der Waals surface area contributed by atoms with E-state index in [1.54, 1.807) is 55.5 Å². The second-order valence-corrected chi connectivity index (χ2v) is 7.32. The average molecular weight is 394 g/mol. The molecule has 28 heavy (non-hydrogen) atoms. The highest BCUT2D eigenvalue weighted by Crippen LogP contribution is 2.29. The zero-order valence-corrected chi connectivity index (χ0v) is 16.0. The summed E-state index contributed by atoms with van der Waals surface area (Å²) >= 11 is 1.29. The van der Waals surface area contributed by atoms with Crippen LogP contribution in [-0.4, -0.2) is 35.0 Å². The van der Waals surface area contributed by atoms with Crippen LogP contribution in [0.1, 0.15) is 12.5 Å². The third-order valence-electron chi connectivity index (χ3n) is 4.38. The first-order valence-corrected chi connectivity index (χ1v) is 9.52. The fourth-order valence-corrected chi connectivity index (χ4v) is 3.62. The van der Waals surface area contributed by atoms with Gasteiger partial charge in [-0.15, -0.1) is 11.8 Å². The average Bonchev–Trinajstić information content (AvgIpc) is 2.92. The number of hydrogen-bond donors (Lipinski definition) is 2. The first-order chi connectivity index (χ1) is 13.5. The number of nitriles is 1. The molecule has 0 spiro atoms. The van der Waals surface area contributed by atoms with Crippen molar-refractivity contribution in [3.05, 3.63) is 60.2 Å². The number of para-hydroxylation sites is 1. The van der Waals surface area contributed by atoms with Crippen LogP contribution >= 0.6 is 11.8 Å². The Morgan fingerprint density at radius 1 is 1.18 bits per heavy atom. The van der Waals surface area contributed by atoms with Gasteiger partial charge in [0.25, 0.3) is 5.91 Å². The summed E-state index contributed by atoms with van der Waals surface area (Å²) in [4.78, 5) is 39.3. The molecule has 8 heteroatoms. The Morgan fingerprint density at radius 2 is 1.86 bits per heavy atom. The number of carbonyl (C=O) groups excluding carboxylic acids is 3. The van der Waals surface area contributed by atoms with Crippen molar-refractivity contribution >= 4 is 35.3 Å². The zero-order chi connectivity index (χ0) is 20.1. The molecule has 0 aliphatic carbocycles. The summed E-state index contributed by atoms with van der Waals surface area (Å²) in [5.74, 6) is -0.730. The molecule has 0 unspecified atom stereocenters. The van der Waals surface area contributed by atoms with Crippen molar-refractivity contribution in [2.45, 2.75) is 17.4 Å². The van der Waals surface area contributed by atoms with Crippen LogP contribution in [0.2, 0.25) is 0 Å². The van der Waals surface area contributed by atoms with Gasteiger partial charge in [-0.25, -0.2) is 4.79 Å². The van der Waals surface area contributed by atoms with E-state index in [0.717, 1.165) is 9.80 Å². The number of hydrogen-bond acceptors (Lipinski definition) is 5. The van der Waals surface area contributed by atoms with Crippen molar-refractivity contribution < 1.29 is 14.4 Å². The smallest absolute Gasteiger partial charge is 0.324 e. The Bertz CT molecular complexity index is 957. The van der Waals surface area contributed by atoms with Crippen molar-refractivity contribution in [1.82, 2.24) is 10.2 Å². The van der Waals surface area contributed by atoms with E-state index in [0.29, 0.717) is 11.3 Å². The lowest BCUT2D eigenvalue weighted by Crippen LogP contribution is -2.42. The van der Waals surface area contributed by atoms with Crippen LogP contribution in [0.5, 0.6) is 0 Å². The standard InChI is InChI=1S/C20H18N4O3S/c1-20(14-7-3-2-4-8-14)18(26)24(19(27)23-20)13-17(25)22-15-9-5-6-10-16(15)28-12-11-21/h2-10H,12-13H2,1H3,(H,22,25)(H,23,27)/t20-/m1/s1. The van der Waals surface area contributed by atoms with E-state index >= 15 is 0 Å². The third kappa shape index (κ3) is 3.85. The lowest BCUT2D eigenvalue weighted by molar-refractivity contribution is -0.133. The summed E-state index contributed by atoms with van der Waals surface area (Å²) in [5.41, 5.74) is -0.0285. The number of benzene rings is 2. The molecule has 2 aromatic rings. The molecule has 2 N–H and O–H groups in total. The van der Waals surface area contributed by atoms with Gasteiger partial charge in [0.05, 0.1) is 17.5 Å². The Balaban J connectivity index is 1.72. The fraction of sp³-hybridized carbons (Fsp3) is 0.200. The molecule has 142 valence electrons. The van der Waals surface area contributed by atoms with E-state index in [2.05, 4.69) is 10.6 Å². The third-order valence-corrected chi connectivity index (χ3v) is 5.32. The molecule has 1 fully saturated rings. The summed E-state index contributed by atoms with van der Waals surface area (Å²) in [5, 5.41) is 14.1. The molecular formula is C20H18N4O3S. The first-order valence-electron chi connectivity index (χ1n) is 8.54.